The number of furan rings is 1. The van der Waals surface area contributed by atoms with Crippen molar-refractivity contribution in [3.63, 3.8) is 0 Å². The fraction of sp³-hybridized carbons (Fsp3) is 0.235. The molecule has 2 aromatic carbocycles. The number of aliphatic carboxylic acids is 1. The standard InChI is InChI=1S/C34H30F3N3O4/c1-20-21(2)39-27-9-6-16-38-30(27)29(20)31(41)40(19-26-14-15-28(44-26)34(35,36)37)18-22-10-12-23(13-11-22)24-7-5-8-25(17-24)33(3,4)32(42)43/h5-17H,18-19H2,1-4H3,(H,42,43). The third-order valence-corrected chi connectivity index (χ3v) is 7.80. The van der Waals surface area contributed by atoms with Crippen LogP contribution in [0.3, 0.4) is 0 Å². The van der Waals surface area contributed by atoms with Gasteiger partial charge >= 0.3 is 12.1 Å². The summed E-state index contributed by atoms with van der Waals surface area (Å²) in [6.07, 6.45) is -3.09. The molecule has 3 heterocycles. The van der Waals surface area contributed by atoms with Crippen LogP contribution >= 0.6 is 0 Å². The zero-order valence-corrected chi connectivity index (χ0v) is 24.6. The minimum absolute atomic E-state index is 0.0131. The number of hydrogen-bond acceptors (Lipinski definition) is 5. The highest BCUT2D eigenvalue weighted by Crippen LogP contribution is 2.32. The van der Waals surface area contributed by atoms with Crippen LogP contribution in [0.5, 0.6) is 0 Å². The Bertz CT molecular complexity index is 1860. The Morgan fingerprint density at radius 2 is 1.64 bits per heavy atom. The summed E-state index contributed by atoms with van der Waals surface area (Å²) in [6.45, 7) is 6.71. The molecule has 1 amide bonds. The highest BCUT2D eigenvalue weighted by Gasteiger charge is 2.35. The van der Waals surface area contributed by atoms with Crippen LogP contribution in [0.25, 0.3) is 22.2 Å². The molecule has 0 saturated heterocycles. The van der Waals surface area contributed by atoms with Gasteiger partial charge in [0.2, 0.25) is 5.76 Å². The molecule has 1 N–H and O–H groups in total. The van der Waals surface area contributed by atoms with Crippen molar-refractivity contribution in [3.05, 3.63) is 118 Å². The van der Waals surface area contributed by atoms with Gasteiger partial charge in [-0.15, -0.1) is 0 Å². The Balaban J connectivity index is 1.50. The van der Waals surface area contributed by atoms with Gasteiger partial charge in [-0.05, 0) is 79.8 Å². The number of alkyl halides is 3. The normalized spacial score (nSPS) is 12.0. The summed E-state index contributed by atoms with van der Waals surface area (Å²) in [5.74, 6) is -2.51. The predicted octanol–water partition coefficient (Wildman–Crippen LogP) is 7.73. The Hall–Kier alpha value is -4.99. The van der Waals surface area contributed by atoms with Crippen LogP contribution in [-0.2, 0) is 29.5 Å². The van der Waals surface area contributed by atoms with E-state index < -0.39 is 29.2 Å². The third-order valence-electron chi connectivity index (χ3n) is 7.80. The minimum Gasteiger partial charge on any atom is -0.481 e. The van der Waals surface area contributed by atoms with Gasteiger partial charge in [0.1, 0.15) is 11.3 Å². The van der Waals surface area contributed by atoms with Crippen molar-refractivity contribution in [2.24, 2.45) is 0 Å². The first-order valence-corrected chi connectivity index (χ1v) is 13.9. The van der Waals surface area contributed by atoms with Crippen LogP contribution in [0.2, 0.25) is 0 Å². The van der Waals surface area contributed by atoms with E-state index in [1.165, 1.54) is 11.0 Å². The second kappa shape index (κ2) is 11.6. The van der Waals surface area contributed by atoms with Gasteiger partial charge in [0, 0.05) is 18.4 Å². The molecule has 3 aromatic heterocycles. The lowest BCUT2D eigenvalue weighted by atomic mass is 9.83. The lowest BCUT2D eigenvalue weighted by Crippen LogP contribution is -2.31. The Morgan fingerprint density at radius 3 is 2.30 bits per heavy atom. The van der Waals surface area contributed by atoms with Crippen LogP contribution in [-0.4, -0.2) is 31.9 Å². The van der Waals surface area contributed by atoms with Crippen LogP contribution in [0.1, 0.15) is 58.1 Å². The van der Waals surface area contributed by atoms with Crippen LogP contribution in [0, 0.1) is 13.8 Å². The smallest absolute Gasteiger partial charge is 0.449 e. The Labute approximate surface area is 252 Å². The zero-order valence-electron chi connectivity index (χ0n) is 24.6. The molecule has 0 spiro atoms. The molecule has 0 aliphatic heterocycles. The number of amides is 1. The lowest BCUT2D eigenvalue weighted by molar-refractivity contribution is -0.153. The van der Waals surface area contributed by atoms with Gasteiger partial charge in [0.05, 0.1) is 23.0 Å². The van der Waals surface area contributed by atoms with Crippen molar-refractivity contribution < 1.29 is 32.3 Å². The predicted molar refractivity (Wildman–Crippen MR) is 159 cm³/mol. The molecule has 5 aromatic rings. The highest BCUT2D eigenvalue weighted by molar-refractivity contribution is 6.06. The highest BCUT2D eigenvalue weighted by atomic mass is 19.4. The van der Waals surface area contributed by atoms with Crippen molar-refractivity contribution in [1.82, 2.24) is 14.9 Å². The number of benzene rings is 2. The van der Waals surface area contributed by atoms with E-state index in [4.69, 9.17) is 4.42 Å². The van der Waals surface area contributed by atoms with E-state index in [1.54, 1.807) is 58.2 Å². The number of carbonyl (C=O) groups is 2. The van der Waals surface area contributed by atoms with E-state index in [1.807, 2.05) is 36.4 Å². The fourth-order valence-corrected chi connectivity index (χ4v) is 4.96. The maximum Gasteiger partial charge on any atom is 0.449 e. The quantitative estimate of drug-likeness (QED) is 0.196. The molecule has 0 unspecified atom stereocenters. The molecular formula is C34H30F3N3O4. The molecule has 44 heavy (non-hydrogen) atoms. The van der Waals surface area contributed by atoms with Crippen molar-refractivity contribution in [2.75, 3.05) is 0 Å². The Kier molecular flexibility index (Phi) is 8.03. The van der Waals surface area contributed by atoms with E-state index in [9.17, 15) is 27.9 Å². The molecule has 0 radical (unpaired) electrons. The molecule has 5 rings (SSSR count). The van der Waals surface area contributed by atoms with E-state index in [2.05, 4.69) is 9.97 Å². The summed E-state index contributed by atoms with van der Waals surface area (Å²) in [6, 6.07) is 20.2. The number of aromatic nitrogens is 2. The van der Waals surface area contributed by atoms with Gasteiger partial charge in [0.15, 0.2) is 0 Å². The molecule has 0 fully saturated rings. The molecular weight excluding hydrogens is 571 g/mol. The summed E-state index contributed by atoms with van der Waals surface area (Å²) >= 11 is 0. The molecule has 10 heteroatoms. The van der Waals surface area contributed by atoms with Crippen LogP contribution in [0.15, 0.2) is 83.4 Å². The maximum absolute atomic E-state index is 14.2. The number of pyridine rings is 2. The number of carboxylic acids is 1. The number of fused-ring (bicyclic) bond motifs is 1. The zero-order chi connectivity index (χ0) is 31.8. The summed E-state index contributed by atoms with van der Waals surface area (Å²) in [4.78, 5) is 36.3. The second-order valence-corrected chi connectivity index (χ2v) is 11.2. The van der Waals surface area contributed by atoms with Crippen LogP contribution < -0.4 is 0 Å². The van der Waals surface area contributed by atoms with Gasteiger partial charge < -0.3 is 14.4 Å². The summed E-state index contributed by atoms with van der Waals surface area (Å²) in [5, 5.41) is 9.64. The number of rotatable bonds is 8. The number of carboxylic acid groups (broad SMARTS) is 1. The third kappa shape index (κ3) is 6.06. The maximum atomic E-state index is 14.2. The molecule has 0 aliphatic rings. The van der Waals surface area contributed by atoms with Gasteiger partial charge in [-0.2, -0.15) is 13.2 Å². The number of aryl methyl sites for hydroxylation is 1. The largest absolute Gasteiger partial charge is 0.481 e. The first kappa shape index (κ1) is 30.5. The number of carbonyl (C=O) groups excluding carboxylic acids is 1. The molecule has 0 atom stereocenters. The van der Waals surface area contributed by atoms with E-state index in [0.717, 1.165) is 22.8 Å². The van der Waals surface area contributed by atoms with Gasteiger partial charge in [-0.1, -0.05) is 48.5 Å². The SMILES string of the molecule is Cc1nc2cccnc2c(C(=O)N(Cc2ccc(-c3cccc(C(C)(C)C(=O)O)c3)cc2)Cc2ccc(C(F)(F)F)o2)c1C. The average Bonchev–Trinajstić information content (AvgIpc) is 3.47. The number of halogens is 3. The van der Waals surface area contributed by atoms with Gasteiger partial charge in [0.25, 0.3) is 5.91 Å². The van der Waals surface area contributed by atoms with Gasteiger partial charge in [-0.25, -0.2) is 0 Å². The molecule has 0 saturated carbocycles. The van der Waals surface area contributed by atoms with Crippen molar-refractivity contribution >= 4 is 22.9 Å². The lowest BCUT2D eigenvalue weighted by Gasteiger charge is -2.24. The topological polar surface area (TPSA) is 96.5 Å². The number of nitrogens with zero attached hydrogens (tertiary/aromatic N) is 3. The van der Waals surface area contributed by atoms with Gasteiger partial charge in [-0.3, -0.25) is 19.6 Å². The van der Waals surface area contributed by atoms with E-state index >= 15 is 0 Å². The second-order valence-electron chi connectivity index (χ2n) is 11.2. The summed E-state index contributed by atoms with van der Waals surface area (Å²) in [5.41, 5.74) is 4.51. The monoisotopic (exact) mass is 601 g/mol. The van der Waals surface area contributed by atoms with Crippen molar-refractivity contribution in [3.8, 4) is 11.1 Å². The summed E-state index contributed by atoms with van der Waals surface area (Å²) in [7, 11) is 0. The molecule has 0 bridgehead atoms. The average molecular weight is 602 g/mol. The summed E-state index contributed by atoms with van der Waals surface area (Å²) < 4.78 is 44.9. The van der Waals surface area contributed by atoms with Crippen molar-refractivity contribution in [2.45, 2.75) is 52.4 Å². The van der Waals surface area contributed by atoms with Crippen LogP contribution in [0.4, 0.5) is 13.2 Å². The molecule has 226 valence electrons. The molecule has 7 nitrogen and oxygen atoms in total. The first-order valence-electron chi connectivity index (χ1n) is 13.9. The van der Waals surface area contributed by atoms with E-state index in [-0.39, 0.29) is 18.8 Å². The Morgan fingerprint density at radius 1 is 0.909 bits per heavy atom. The molecule has 0 aliphatic carbocycles. The van der Waals surface area contributed by atoms with E-state index in [0.29, 0.717) is 33.4 Å². The fourth-order valence-electron chi connectivity index (χ4n) is 4.96. The minimum atomic E-state index is -4.65. The number of hydrogen-bond donors (Lipinski definition) is 1. The first-order chi connectivity index (χ1) is 20.8. The van der Waals surface area contributed by atoms with Crippen molar-refractivity contribution in [1.29, 1.82) is 0 Å².